The maximum atomic E-state index is 11.8. The average Bonchev–Trinajstić information content (AvgIpc) is 2.71. The summed E-state index contributed by atoms with van der Waals surface area (Å²) < 4.78 is 35.0. The van der Waals surface area contributed by atoms with Gasteiger partial charge in [-0.1, -0.05) is 96.8 Å². The van der Waals surface area contributed by atoms with Crippen molar-refractivity contribution >= 4 is 21.6 Å². The van der Waals surface area contributed by atoms with E-state index in [1.807, 2.05) is 0 Å². The Morgan fingerprint density at radius 3 is 1.48 bits per heavy atom. The van der Waals surface area contributed by atoms with Gasteiger partial charge >= 0.3 is 21.6 Å². The lowest BCUT2D eigenvalue weighted by Gasteiger charge is -2.18. The molecule has 0 bridgehead atoms. The molecule has 1 atom stereocenters. The molecule has 0 aromatic heterocycles. The van der Waals surface area contributed by atoms with E-state index in [2.05, 4.69) is 16.0 Å². The summed E-state index contributed by atoms with van der Waals surface area (Å²) in [6.45, 7) is 0.823. The lowest BCUT2D eigenvalue weighted by molar-refractivity contribution is -0.147. The van der Waals surface area contributed by atoms with E-state index in [9.17, 15) is 13.9 Å². The summed E-state index contributed by atoms with van der Waals surface area (Å²) in [6.07, 6.45) is 16.8. The van der Waals surface area contributed by atoms with Crippen molar-refractivity contribution in [3.8, 4) is 0 Å². The van der Waals surface area contributed by atoms with Gasteiger partial charge in [0.25, 0.3) is 0 Å². The average molecular weight is 519 g/mol. The molecule has 0 saturated carbocycles. The number of hydrogen-bond donors (Lipinski definition) is 4. The van der Waals surface area contributed by atoms with Crippen molar-refractivity contribution in [2.45, 2.75) is 116 Å². The van der Waals surface area contributed by atoms with Crippen LogP contribution in [-0.2, 0) is 27.7 Å². The van der Waals surface area contributed by atoms with Gasteiger partial charge in [-0.3, -0.25) is 13.8 Å². The Morgan fingerprint density at radius 1 is 0.667 bits per heavy atom. The van der Waals surface area contributed by atoms with Gasteiger partial charge in [0.2, 0.25) is 0 Å². The van der Waals surface area contributed by atoms with Gasteiger partial charge in [0.05, 0.1) is 6.61 Å². The Morgan fingerprint density at radius 2 is 1.09 bits per heavy atom. The molecule has 0 fully saturated rings. The van der Waals surface area contributed by atoms with Crippen LogP contribution in [-0.4, -0.2) is 44.9 Å². The van der Waals surface area contributed by atoms with E-state index in [1.54, 1.807) is 0 Å². The lowest BCUT2D eigenvalue weighted by atomic mass is 10.0. The summed E-state index contributed by atoms with van der Waals surface area (Å²) >= 11 is 0. The Balaban J connectivity index is 3.68. The van der Waals surface area contributed by atoms with E-state index < -0.39 is 40.9 Å². The highest BCUT2D eigenvalue weighted by molar-refractivity contribution is 7.46. The van der Waals surface area contributed by atoms with Gasteiger partial charge in [0, 0.05) is 6.42 Å². The highest BCUT2D eigenvalue weighted by Crippen LogP contribution is 2.40. The van der Waals surface area contributed by atoms with E-state index in [-0.39, 0.29) is 6.42 Å². The minimum atomic E-state index is -4.94. The summed E-state index contributed by atoms with van der Waals surface area (Å²) in [4.78, 5) is 46.8. The van der Waals surface area contributed by atoms with Crippen molar-refractivity contribution in [1.29, 1.82) is 0 Å². The highest BCUT2D eigenvalue weighted by Gasteiger charge is 2.27. The van der Waals surface area contributed by atoms with Gasteiger partial charge in [-0.05, 0) is 6.42 Å². The second-order valence-corrected chi connectivity index (χ2v) is 10.8. The number of carbonyl (C=O) groups excluding carboxylic acids is 1. The van der Waals surface area contributed by atoms with Gasteiger partial charge in [-0.2, -0.15) is 0 Å². The molecule has 0 rings (SSSR count). The monoisotopic (exact) mass is 518 g/mol. The molecule has 33 heavy (non-hydrogen) atoms. The molecule has 0 spiro atoms. The molecule has 10 nitrogen and oxygen atoms in total. The highest BCUT2D eigenvalue weighted by atomic mass is 31.2. The van der Waals surface area contributed by atoms with E-state index in [4.69, 9.17) is 24.3 Å². The molecule has 0 aromatic rings. The molecule has 0 aliphatic rings. The molecule has 1 unspecified atom stereocenters. The van der Waals surface area contributed by atoms with Crippen molar-refractivity contribution in [2.75, 3.05) is 13.2 Å². The predicted octanol–water partition coefficient (Wildman–Crippen LogP) is 5.38. The number of phosphoric acid groups is 2. The largest absolute Gasteiger partial charge is 0.470 e. The third-order valence-corrected chi connectivity index (χ3v) is 6.19. The zero-order valence-corrected chi connectivity index (χ0v) is 21.7. The molecule has 0 saturated heterocycles. The molecule has 198 valence electrons. The Hall–Kier alpha value is -0.310. The lowest BCUT2D eigenvalue weighted by Crippen LogP contribution is -2.26. The Bertz CT molecular complexity index is 575. The second-order valence-electron chi connectivity index (χ2n) is 8.39. The number of hydrogen-bond acceptors (Lipinski definition) is 6. The fourth-order valence-electron chi connectivity index (χ4n) is 3.38. The van der Waals surface area contributed by atoms with Crippen molar-refractivity contribution in [3.63, 3.8) is 0 Å². The fourth-order valence-corrected chi connectivity index (χ4v) is 4.25. The van der Waals surface area contributed by atoms with Gasteiger partial charge in [-0.25, -0.2) is 9.13 Å². The number of ether oxygens (including phenoxy) is 1. The molecule has 0 amide bonds. The smallest absolute Gasteiger partial charge is 0.463 e. The minimum absolute atomic E-state index is 0.153. The number of rotatable bonds is 23. The topological polar surface area (TPSA) is 160 Å². The summed E-state index contributed by atoms with van der Waals surface area (Å²) in [6, 6.07) is 0. The molecule has 0 aromatic carbocycles. The summed E-state index contributed by atoms with van der Waals surface area (Å²) in [7, 11) is -9.79. The van der Waals surface area contributed by atoms with Crippen LogP contribution >= 0.6 is 15.6 Å². The summed E-state index contributed by atoms with van der Waals surface area (Å²) in [5.74, 6) is -0.569. The first-order chi connectivity index (χ1) is 15.5. The van der Waals surface area contributed by atoms with E-state index >= 15 is 0 Å². The summed E-state index contributed by atoms with van der Waals surface area (Å²) in [5.41, 5.74) is 0. The molecule has 0 heterocycles. The third-order valence-electron chi connectivity index (χ3n) is 5.13. The van der Waals surface area contributed by atoms with Gasteiger partial charge < -0.3 is 24.3 Å². The molecule has 0 aliphatic carbocycles. The van der Waals surface area contributed by atoms with Crippen LogP contribution in [0.2, 0.25) is 0 Å². The van der Waals surface area contributed by atoms with E-state index in [0.29, 0.717) is 6.42 Å². The van der Waals surface area contributed by atoms with E-state index in [1.165, 1.54) is 70.6 Å². The van der Waals surface area contributed by atoms with Crippen LogP contribution in [0.5, 0.6) is 0 Å². The zero-order valence-electron chi connectivity index (χ0n) is 19.9. The normalized spacial score (nSPS) is 13.2. The number of unbranched alkanes of at least 4 members (excludes halogenated alkanes) is 14. The Kier molecular flexibility index (Phi) is 19.8. The van der Waals surface area contributed by atoms with Gasteiger partial charge in [-0.15, -0.1) is 0 Å². The quantitative estimate of drug-likeness (QED) is 0.0785. The van der Waals surface area contributed by atoms with Crippen molar-refractivity contribution in [3.05, 3.63) is 0 Å². The predicted molar refractivity (Wildman–Crippen MR) is 125 cm³/mol. The van der Waals surface area contributed by atoms with Gasteiger partial charge in [0.1, 0.15) is 12.7 Å². The van der Waals surface area contributed by atoms with E-state index in [0.717, 1.165) is 19.3 Å². The first-order valence-corrected chi connectivity index (χ1v) is 15.2. The first-order valence-electron chi connectivity index (χ1n) is 12.1. The zero-order chi connectivity index (χ0) is 25.0. The number of carbonyl (C=O) groups is 1. The number of phosphoric ester groups is 2. The standard InChI is InChI=1S/C21H44O10P2/c1-2-3-4-5-6-7-8-9-10-11-12-13-14-15-16-17-21(22)29-18-20(31-33(26,27)28)19-30-32(23,24)25/h20H,2-19H2,1H3,(H2,23,24,25)(H2,26,27,28). The van der Waals surface area contributed by atoms with Crippen molar-refractivity contribution in [2.24, 2.45) is 0 Å². The summed E-state index contributed by atoms with van der Waals surface area (Å²) in [5, 5.41) is 0. The molecule has 0 aliphatic heterocycles. The van der Waals surface area contributed by atoms with Crippen LogP contribution in [0.1, 0.15) is 110 Å². The Labute approximate surface area is 198 Å². The molecule has 4 N–H and O–H groups in total. The SMILES string of the molecule is CCCCCCCCCCCCCCCCCC(=O)OCC(COP(=O)(O)O)OP(=O)(O)O. The maximum absolute atomic E-state index is 11.8. The van der Waals surface area contributed by atoms with Gasteiger partial charge in [0.15, 0.2) is 0 Å². The first kappa shape index (κ1) is 32.7. The van der Waals surface area contributed by atoms with Crippen LogP contribution in [0.4, 0.5) is 0 Å². The van der Waals surface area contributed by atoms with Crippen LogP contribution in [0.15, 0.2) is 0 Å². The fraction of sp³-hybridized carbons (Fsp3) is 0.952. The number of esters is 1. The van der Waals surface area contributed by atoms with Crippen molar-refractivity contribution in [1.82, 2.24) is 0 Å². The molecule has 12 heteroatoms. The van der Waals surface area contributed by atoms with Crippen molar-refractivity contribution < 1.29 is 47.3 Å². The molecular formula is C21H44O10P2. The second kappa shape index (κ2) is 19.9. The van der Waals surface area contributed by atoms with Crippen LogP contribution in [0.3, 0.4) is 0 Å². The molecular weight excluding hydrogens is 474 g/mol. The third kappa shape index (κ3) is 26.1. The van der Waals surface area contributed by atoms with Crippen LogP contribution in [0, 0.1) is 0 Å². The molecule has 0 radical (unpaired) electrons. The van der Waals surface area contributed by atoms with Crippen LogP contribution < -0.4 is 0 Å². The minimum Gasteiger partial charge on any atom is -0.463 e. The van der Waals surface area contributed by atoms with Crippen LogP contribution in [0.25, 0.3) is 0 Å². The maximum Gasteiger partial charge on any atom is 0.470 e.